The Balaban J connectivity index is 2.42. The predicted octanol–water partition coefficient (Wildman–Crippen LogP) is 4.13. The minimum Gasteiger partial charge on any atom is -0.508 e. The Morgan fingerprint density at radius 2 is 1.95 bits per heavy atom. The van der Waals surface area contributed by atoms with E-state index in [4.69, 9.17) is 16.0 Å². The number of phenols is 1. The lowest BCUT2D eigenvalue weighted by atomic mass is 10.0. The molecule has 0 aliphatic rings. The summed E-state index contributed by atoms with van der Waals surface area (Å²) in [7, 11) is 0. The molecular weight excluding hydrogens is 276 g/mol. The van der Waals surface area contributed by atoms with Gasteiger partial charge in [0.1, 0.15) is 11.3 Å². The van der Waals surface area contributed by atoms with E-state index in [2.05, 4.69) is 0 Å². The van der Waals surface area contributed by atoms with E-state index in [9.17, 15) is 9.90 Å². The van der Waals surface area contributed by atoms with E-state index in [1.165, 1.54) is 6.07 Å². The van der Waals surface area contributed by atoms with Crippen LogP contribution in [0.5, 0.6) is 5.75 Å². The molecule has 0 aliphatic carbocycles. The summed E-state index contributed by atoms with van der Waals surface area (Å²) in [5, 5.41) is 11.1. The number of hydrogen-bond donors (Lipinski definition) is 1. The van der Waals surface area contributed by atoms with Crippen molar-refractivity contribution in [3.8, 4) is 16.9 Å². The molecule has 3 aromatic rings. The van der Waals surface area contributed by atoms with Gasteiger partial charge in [-0.3, -0.25) is 0 Å². The van der Waals surface area contributed by atoms with Crippen molar-refractivity contribution in [1.29, 1.82) is 0 Å². The lowest BCUT2D eigenvalue weighted by Crippen LogP contribution is -1.99. The fourth-order valence-electron chi connectivity index (χ4n) is 2.25. The second-order valence-corrected chi connectivity index (χ2v) is 5.01. The molecule has 1 aromatic heterocycles. The van der Waals surface area contributed by atoms with Crippen LogP contribution in [-0.2, 0) is 0 Å². The van der Waals surface area contributed by atoms with Gasteiger partial charge in [0.15, 0.2) is 0 Å². The highest BCUT2D eigenvalue weighted by molar-refractivity contribution is 6.30. The number of halogens is 1. The molecule has 2 aromatic carbocycles. The summed E-state index contributed by atoms with van der Waals surface area (Å²) < 4.78 is 5.22. The highest BCUT2D eigenvalue weighted by Gasteiger charge is 2.12. The average molecular weight is 287 g/mol. The van der Waals surface area contributed by atoms with Gasteiger partial charge in [-0.2, -0.15) is 0 Å². The maximum Gasteiger partial charge on any atom is 0.336 e. The summed E-state index contributed by atoms with van der Waals surface area (Å²) in [5.74, 6) is 0.101. The van der Waals surface area contributed by atoms with Gasteiger partial charge in [0, 0.05) is 22.0 Å². The van der Waals surface area contributed by atoms with Crippen LogP contribution in [0.4, 0.5) is 0 Å². The van der Waals surface area contributed by atoms with Crippen molar-refractivity contribution in [2.24, 2.45) is 0 Å². The van der Waals surface area contributed by atoms with E-state index >= 15 is 0 Å². The predicted molar refractivity (Wildman–Crippen MR) is 79.3 cm³/mol. The van der Waals surface area contributed by atoms with Crippen LogP contribution in [0.25, 0.3) is 22.1 Å². The van der Waals surface area contributed by atoms with E-state index in [1.807, 2.05) is 12.1 Å². The first-order valence-electron chi connectivity index (χ1n) is 6.08. The Morgan fingerprint density at radius 3 is 2.70 bits per heavy atom. The van der Waals surface area contributed by atoms with Crippen molar-refractivity contribution in [3.05, 3.63) is 63.5 Å². The molecule has 20 heavy (non-hydrogen) atoms. The molecule has 0 unspecified atom stereocenters. The van der Waals surface area contributed by atoms with Gasteiger partial charge in [-0.05, 0) is 42.3 Å². The van der Waals surface area contributed by atoms with Gasteiger partial charge in [-0.15, -0.1) is 0 Å². The number of hydrogen-bond acceptors (Lipinski definition) is 3. The summed E-state index contributed by atoms with van der Waals surface area (Å²) in [6.07, 6.45) is 0. The van der Waals surface area contributed by atoms with Crippen molar-refractivity contribution in [1.82, 2.24) is 0 Å². The molecule has 0 fully saturated rings. The first-order chi connectivity index (χ1) is 9.56. The molecule has 0 saturated carbocycles. The number of aromatic hydroxyl groups is 1. The minimum absolute atomic E-state index is 0.101. The zero-order valence-corrected chi connectivity index (χ0v) is 11.4. The summed E-state index contributed by atoms with van der Waals surface area (Å²) in [4.78, 5) is 11.7. The molecule has 0 saturated heterocycles. The van der Waals surface area contributed by atoms with Crippen molar-refractivity contribution in [2.75, 3.05) is 0 Å². The maximum absolute atomic E-state index is 11.7. The third-order valence-corrected chi connectivity index (χ3v) is 3.50. The summed E-state index contributed by atoms with van der Waals surface area (Å²) >= 11 is 6.00. The molecule has 0 amide bonds. The van der Waals surface area contributed by atoms with E-state index in [0.717, 1.165) is 16.5 Å². The molecule has 0 atom stereocenters. The van der Waals surface area contributed by atoms with Gasteiger partial charge < -0.3 is 9.52 Å². The molecule has 100 valence electrons. The highest BCUT2D eigenvalue weighted by Crippen LogP contribution is 2.33. The molecule has 4 heteroatoms. The fourth-order valence-corrected chi connectivity index (χ4v) is 2.44. The Labute approximate surface area is 120 Å². The molecule has 0 spiro atoms. The number of rotatable bonds is 1. The quantitative estimate of drug-likeness (QED) is 0.684. The topological polar surface area (TPSA) is 50.4 Å². The molecule has 3 rings (SSSR count). The van der Waals surface area contributed by atoms with E-state index < -0.39 is 5.63 Å². The lowest BCUT2D eigenvalue weighted by Gasteiger charge is -2.08. The number of phenolic OH excluding ortho intramolecular Hbond substituents is 1. The van der Waals surface area contributed by atoms with Crippen molar-refractivity contribution in [3.63, 3.8) is 0 Å². The van der Waals surface area contributed by atoms with Crippen LogP contribution < -0.4 is 5.63 Å². The van der Waals surface area contributed by atoms with Crippen LogP contribution in [0, 0.1) is 6.92 Å². The van der Waals surface area contributed by atoms with E-state index in [0.29, 0.717) is 16.2 Å². The maximum atomic E-state index is 11.7. The third-order valence-electron chi connectivity index (χ3n) is 3.27. The van der Waals surface area contributed by atoms with Gasteiger partial charge in [0.2, 0.25) is 0 Å². The summed E-state index contributed by atoms with van der Waals surface area (Å²) in [6.45, 7) is 1.71. The second-order valence-electron chi connectivity index (χ2n) is 4.58. The fraction of sp³-hybridized carbons (Fsp3) is 0.0625. The average Bonchev–Trinajstić information content (AvgIpc) is 2.43. The van der Waals surface area contributed by atoms with Gasteiger partial charge in [-0.1, -0.05) is 23.7 Å². The largest absolute Gasteiger partial charge is 0.508 e. The van der Waals surface area contributed by atoms with Gasteiger partial charge >= 0.3 is 5.63 Å². The zero-order valence-electron chi connectivity index (χ0n) is 10.7. The van der Waals surface area contributed by atoms with Gasteiger partial charge in [-0.25, -0.2) is 4.79 Å². The highest BCUT2D eigenvalue weighted by atomic mass is 35.5. The normalized spacial score (nSPS) is 10.9. The van der Waals surface area contributed by atoms with Crippen LogP contribution in [0.15, 0.2) is 51.7 Å². The standard InChI is InChI=1S/C16H11ClO3/c1-9-14(18)6-5-12-13(8-15(19)20-16(9)12)10-3-2-4-11(17)7-10/h2-8,18H,1H3. The molecule has 1 N–H and O–H groups in total. The third kappa shape index (κ3) is 2.06. The summed E-state index contributed by atoms with van der Waals surface area (Å²) in [5.41, 5.74) is 2.06. The first-order valence-corrected chi connectivity index (χ1v) is 6.46. The molecule has 0 aliphatic heterocycles. The van der Waals surface area contributed by atoms with Crippen LogP contribution in [-0.4, -0.2) is 5.11 Å². The molecule has 0 bridgehead atoms. The van der Waals surface area contributed by atoms with E-state index in [-0.39, 0.29) is 5.75 Å². The Morgan fingerprint density at radius 1 is 1.15 bits per heavy atom. The Bertz CT molecular complexity index is 865. The van der Waals surface area contributed by atoms with Crippen LogP contribution >= 0.6 is 11.6 Å². The second kappa shape index (κ2) is 4.69. The van der Waals surface area contributed by atoms with Gasteiger partial charge in [0.25, 0.3) is 0 Å². The zero-order chi connectivity index (χ0) is 14.3. The molecule has 3 nitrogen and oxygen atoms in total. The van der Waals surface area contributed by atoms with Crippen molar-refractivity contribution in [2.45, 2.75) is 6.92 Å². The van der Waals surface area contributed by atoms with E-state index in [1.54, 1.807) is 31.2 Å². The van der Waals surface area contributed by atoms with Crippen LogP contribution in [0.3, 0.4) is 0 Å². The minimum atomic E-state index is -0.457. The molecule has 1 heterocycles. The van der Waals surface area contributed by atoms with Gasteiger partial charge in [0.05, 0.1) is 0 Å². The smallest absolute Gasteiger partial charge is 0.336 e. The Hall–Kier alpha value is -2.26. The lowest BCUT2D eigenvalue weighted by molar-refractivity contribution is 0.468. The number of aryl methyl sites for hydroxylation is 1. The summed E-state index contributed by atoms with van der Waals surface area (Å²) in [6, 6.07) is 12.0. The number of fused-ring (bicyclic) bond motifs is 1. The monoisotopic (exact) mass is 286 g/mol. The first kappa shape index (κ1) is 12.8. The Kier molecular flexibility index (Phi) is 2.99. The number of benzene rings is 2. The van der Waals surface area contributed by atoms with Crippen LogP contribution in [0.1, 0.15) is 5.56 Å². The SMILES string of the molecule is Cc1c(O)ccc2c(-c3cccc(Cl)c3)cc(=O)oc12. The van der Waals surface area contributed by atoms with Crippen molar-refractivity contribution >= 4 is 22.6 Å². The van der Waals surface area contributed by atoms with Crippen LogP contribution in [0.2, 0.25) is 5.02 Å². The molecular formula is C16H11ClO3. The molecule has 0 radical (unpaired) electrons. The van der Waals surface area contributed by atoms with Crippen molar-refractivity contribution < 1.29 is 9.52 Å².